The number of carbonyl (C=O) groups excluding carboxylic acids is 1. The fourth-order valence-corrected chi connectivity index (χ4v) is 6.56. The zero-order chi connectivity index (χ0) is 36.2. The number of aromatic nitrogens is 2. The molecule has 1 aliphatic heterocycles. The number of pyridine rings is 1. The first-order valence-corrected chi connectivity index (χ1v) is 17.2. The number of esters is 1. The number of ether oxygens (including phenoxy) is 4. The van der Waals surface area contributed by atoms with Gasteiger partial charge in [0.05, 0.1) is 53.5 Å². The summed E-state index contributed by atoms with van der Waals surface area (Å²) in [6.45, 7) is 21.3. The van der Waals surface area contributed by atoms with Crippen LogP contribution in [0.1, 0.15) is 71.1 Å². The Balaban J connectivity index is 1.65. The van der Waals surface area contributed by atoms with Crippen LogP contribution in [0.2, 0.25) is 0 Å². The van der Waals surface area contributed by atoms with Crippen LogP contribution in [0.3, 0.4) is 0 Å². The van der Waals surface area contributed by atoms with Crippen LogP contribution < -0.4 is 9.64 Å². The Kier molecular flexibility index (Phi) is 11.2. The second kappa shape index (κ2) is 15.2. The van der Waals surface area contributed by atoms with Gasteiger partial charge in [-0.25, -0.2) is 13.7 Å². The molecule has 2 atom stereocenters. The van der Waals surface area contributed by atoms with E-state index in [1.165, 1.54) is 13.2 Å². The molecule has 2 aromatic carbocycles. The van der Waals surface area contributed by atoms with E-state index in [1.807, 2.05) is 75.7 Å². The molecular formula is C41H50FN3O5. The standard InChI is InChI=1S/C41H50FN3O5/c1-10-14-28(4)49-34-18-13-17-31(42)36(34)30-16-12-15-29(24-30)32-25-33-37(44-21-19-41(8,20-22-44)48-23-11-2)35(27(3)26-45(33)43-32)38(39(46)47-9)50-40(5,6)7/h10-13,15-18,24-26,28,38H,1-2,14,19-23H2,3-9H3/t28-,38-/m0/s1. The number of carbonyl (C=O) groups is 1. The highest BCUT2D eigenvalue weighted by molar-refractivity contribution is 5.88. The summed E-state index contributed by atoms with van der Waals surface area (Å²) in [6.07, 6.45) is 6.56. The Morgan fingerprint density at radius 3 is 2.44 bits per heavy atom. The van der Waals surface area contributed by atoms with Crippen LogP contribution in [-0.4, -0.2) is 59.7 Å². The molecule has 1 fully saturated rings. The van der Waals surface area contributed by atoms with Gasteiger partial charge >= 0.3 is 5.97 Å². The van der Waals surface area contributed by atoms with Crippen molar-refractivity contribution in [1.29, 1.82) is 0 Å². The molecule has 8 nitrogen and oxygen atoms in total. The van der Waals surface area contributed by atoms with E-state index < -0.39 is 17.7 Å². The van der Waals surface area contributed by atoms with Crippen molar-refractivity contribution in [3.8, 4) is 28.1 Å². The van der Waals surface area contributed by atoms with Crippen LogP contribution in [0, 0.1) is 12.7 Å². The minimum absolute atomic E-state index is 0.164. The Morgan fingerprint density at radius 1 is 1.08 bits per heavy atom. The number of aryl methyl sites for hydroxylation is 1. The van der Waals surface area contributed by atoms with E-state index in [-0.39, 0.29) is 17.5 Å². The molecule has 0 amide bonds. The Morgan fingerprint density at radius 2 is 1.78 bits per heavy atom. The molecule has 0 spiro atoms. The summed E-state index contributed by atoms with van der Waals surface area (Å²) in [6, 6.07) is 14.6. The van der Waals surface area contributed by atoms with E-state index in [0.717, 1.165) is 40.7 Å². The number of halogens is 1. The molecule has 0 bridgehead atoms. The second-order valence-corrected chi connectivity index (χ2v) is 14.3. The van der Waals surface area contributed by atoms with E-state index >= 15 is 4.39 Å². The quantitative estimate of drug-likeness (QED) is 0.103. The minimum atomic E-state index is -0.963. The van der Waals surface area contributed by atoms with Crippen LogP contribution in [-0.2, 0) is 19.0 Å². The maximum Gasteiger partial charge on any atom is 0.339 e. The Hall–Kier alpha value is -4.47. The molecule has 266 valence electrons. The highest BCUT2D eigenvalue weighted by Gasteiger charge is 2.37. The highest BCUT2D eigenvalue weighted by atomic mass is 19.1. The lowest BCUT2D eigenvalue weighted by molar-refractivity contribution is -0.164. The molecule has 0 radical (unpaired) electrons. The number of nitrogens with zero attached hydrogens (tertiary/aromatic N) is 3. The van der Waals surface area contributed by atoms with Crippen molar-refractivity contribution >= 4 is 17.2 Å². The summed E-state index contributed by atoms with van der Waals surface area (Å²) < 4.78 is 41.4. The molecule has 4 aromatic rings. The lowest BCUT2D eigenvalue weighted by Crippen LogP contribution is -2.45. The summed E-state index contributed by atoms with van der Waals surface area (Å²) in [5.41, 5.74) is 4.93. The predicted octanol–water partition coefficient (Wildman–Crippen LogP) is 9.05. The smallest absolute Gasteiger partial charge is 0.339 e. The van der Waals surface area contributed by atoms with Crippen molar-refractivity contribution in [3.63, 3.8) is 0 Å². The van der Waals surface area contributed by atoms with E-state index in [4.69, 9.17) is 24.0 Å². The SMILES string of the molecule is C=CCOC1(C)CCN(c2c([C@H](OC(C)(C)C)C(=O)OC)c(C)cn3nc(-c4cccc(-c5c(F)cccc5O[C@@H](C)CC=C)c4)cc23)CC1. The third kappa shape index (κ3) is 8.11. The highest BCUT2D eigenvalue weighted by Crippen LogP contribution is 2.42. The van der Waals surface area contributed by atoms with Crippen LogP contribution in [0.15, 0.2) is 80.0 Å². The number of hydrogen-bond donors (Lipinski definition) is 0. The summed E-state index contributed by atoms with van der Waals surface area (Å²) in [4.78, 5) is 15.7. The van der Waals surface area contributed by atoms with Gasteiger partial charge in [-0.3, -0.25) is 0 Å². The third-order valence-electron chi connectivity index (χ3n) is 9.06. The van der Waals surface area contributed by atoms with Crippen molar-refractivity contribution in [2.75, 3.05) is 31.7 Å². The predicted molar refractivity (Wildman–Crippen MR) is 197 cm³/mol. The second-order valence-electron chi connectivity index (χ2n) is 14.3. The molecule has 50 heavy (non-hydrogen) atoms. The average Bonchev–Trinajstić information content (AvgIpc) is 3.49. The number of hydrogen-bond acceptors (Lipinski definition) is 7. The normalized spacial score (nSPS) is 15.8. The molecule has 0 aliphatic carbocycles. The van der Waals surface area contributed by atoms with E-state index in [1.54, 1.807) is 24.3 Å². The van der Waals surface area contributed by atoms with Gasteiger partial charge in [0.15, 0.2) is 6.10 Å². The van der Waals surface area contributed by atoms with Gasteiger partial charge in [0, 0.05) is 36.8 Å². The van der Waals surface area contributed by atoms with Gasteiger partial charge in [0.25, 0.3) is 0 Å². The molecule has 0 N–H and O–H groups in total. The number of methoxy groups -OCH3 is 1. The molecule has 2 aromatic heterocycles. The van der Waals surface area contributed by atoms with Gasteiger partial charge in [0.2, 0.25) is 0 Å². The Bertz CT molecular complexity index is 1850. The van der Waals surface area contributed by atoms with Gasteiger partial charge in [0.1, 0.15) is 11.6 Å². The van der Waals surface area contributed by atoms with E-state index in [2.05, 4.69) is 25.0 Å². The lowest BCUT2D eigenvalue weighted by atomic mass is 9.91. The maximum atomic E-state index is 15.4. The van der Waals surface area contributed by atoms with Gasteiger partial charge in [-0.2, -0.15) is 5.10 Å². The number of anilines is 1. The fourth-order valence-electron chi connectivity index (χ4n) is 6.56. The first-order valence-electron chi connectivity index (χ1n) is 17.2. The lowest BCUT2D eigenvalue weighted by Gasteiger charge is -2.41. The number of piperidine rings is 1. The van der Waals surface area contributed by atoms with E-state index in [0.29, 0.717) is 48.7 Å². The first kappa shape index (κ1) is 36.8. The molecule has 1 aliphatic rings. The Labute approximate surface area is 295 Å². The topological polar surface area (TPSA) is 74.5 Å². The zero-order valence-electron chi connectivity index (χ0n) is 30.4. The van der Waals surface area contributed by atoms with Crippen molar-refractivity contribution in [2.45, 2.75) is 84.2 Å². The summed E-state index contributed by atoms with van der Waals surface area (Å²) >= 11 is 0. The minimum Gasteiger partial charge on any atom is -0.490 e. The monoisotopic (exact) mass is 683 g/mol. The van der Waals surface area contributed by atoms with Gasteiger partial charge < -0.3 is 23.8 Å². The summed E-state index contributed by atoms with van der Waals surface area (Å²) in [5.74, 6) is -0.372. The number of benzene rings is 2. The van der Waals surface area contributed by atoms with Crippen LogP contribution in [0.4, 0.5) is 10.1 Å². The zero-order valence-corrected chi connectivity index (χ0v) is 30.4. The number of rotatable bonds is 13. The van der Waals surface area contributed by atoms with Gasteiger partial charge in [-0.15, -0.1) is 13.2 Å². The average molecular weight is 684 g/mol. The van der Waals surface area contributed by atoms with Gasteiger partial charge in [-0.1, -0.05) is 36.4 Å². The maximum absolute atomic E-state index is 15.4. The molecule has 3 heterocycles. The van der Waals surface area contributed by atoms with Crippen LogP contribution in [0.25, 0.3) is 27.9 Å². The first-order chi connectivity index (χ1) is 23.8. The van der Waals surface area contributed by atoms with Crippen molar-refractivity contribution in [2.24, 2.45) is 0 Å². The molecule has 5 rings (SSSR count). The van der Waals surface area contributed by atoms with E-state index in [9.17, 15) is 4.79 Å². The van der Waals surface area contributed by atoms with Crippen molar-refractivity contribution < 1.29 is 28.1 Å². The van der Waals surface area contributed by atoms with Crippen molar-refractivity contribution in [1.82, 2.24) is 9.61 Å². The fraction of sp³-hybridized carbons (Fsp3) is 0.415. The third-order valence-corrected chi connectivity index (χ3v) is 9.06. The molecule has 0 saturated carbocycles. The molecule has 0 unspecified atom stereocenters. The molecule has 1 saturated heterocycles. The van der Waals surface area contributed by atoms with Crippen molar-refractivity contribution in [3.05, 3.63) is 97.0 Å². The largest absolute Gasteiger partial charge is 0.490 e. The van der Waals surface area contributed by atoms with Crippen LogP contribution in [0.5, 0.6) is 5.75 Å². The van der Waals surface area contributed by atoms with Gasteiger partial charge in [-0.05, 0) is 89.8 Å². The van der Waals surface area contributed by atoms with Crippen LogP contribution >= 0.6 is 0 Å². The number of fused-ring (bicyclic) bond motifs is 1. The summed E-state index contributed by atoms with van der Waals surface area (Å²) in [7, 11) is 1.38. The molecule has 9 heteroatoms. The molecular weight excluding hydrogens is 633 g/mol. The summed E-state index contributed by atoms with van der Waals surface area (Å²) in [5, 5.41) is 5.02.